The Balaban J connectivity index is 1.41. The lowest BCUT2D eigenvalue weighted by atomic mass is 9.93. The quantitative estimate of drug-likeness (QED) is 0.191. The summed E-state index contributed by atoms with van der Waals surface area (Å²) < 4.78 is 0. The average molecular weight is 575 g/mol. The van der Waals surface area contributed by atoms with Gasteiger partial charge in [-0.05, 0) is 81.1 Å². The second-order valence-corrected chi connectivity index (χ2v) is 11.5. The van der Waals surface area contributed by atoms with Gasteiger partial charge in [0.15, 0.2) is 5.82 Å². The number of hydrogen-bond donors (Lipinski definition) is 0. The van der Waals surface area contributed by atoms with Crippen LogP contribution in [0.5, 0.6) is 0 Å². The first kappa shape index (κ1) is 26.7. The molecule has 1 heterocycles. The largest absolute Gasteiger partial charge is 0.228 e. The molecule has 0 fully saturated rings. The van der Waals surface area contributed by atoms with Crippen LogP contribution >= 0.6 is 0 Å². The van der Waals surface area contributed by atoms with Crippen LogP contribution in [0.25, 0.3) is 77.7 Å². The van der Waals surface area contributed by atoms with Gasteiger partial charge in [0.25, 0.3) is 0 Å². The van der Waals surface area contributed by atoms with Gasteiger partial charge in [-0.1, -0.05) is 139 Å². The summed E-state index contributed by atoms with van der Waals surface area (Å²) in [6.45, 7) is 2.11. The minimum absolute atomic E-state index is 0.714. The van der Waals surface area contributed by atoms with Crippen molar-refractivity contribution in [1.82, 2.24) is 9.97 Å². The summed E-state index contributed by atoms with van der Waals surface area (Å²) in [6.07, 6.45) is 0. The molecular weight excluding hydrogens is 544 g/mol. The van der Waals surface area contributed by atoms with Crippen LogP contribution in [0.1, 0.15) is 5.56 Å². The number of fused-ring (bicyclic) bond motifs is 3. The normalized spacial score (nSPS) is 11.2. The molecule has 0 N–H and O–H groups in total. The molecule has 8 aromatic rings. The number of aromatic nitrogens is 2. The van der Waals surface area contributed by atoms with E-state index < -0.39 is 0 Å². The highest BCUT2D eigenvalue weighted by atomic mass is 14.9. The van der Waals surface area contributed by atoms with E-state index in [0.717, 1.165) is 39.2 Å². The molecule has 7 aromatic carbocycles. The van der Waals surface area contributed by atoms with Crippen LogP contribution in [0.2, 0.25) is 0 Å². The van der Waals surface area contributed by atoms with Gasteiger partial charge in [-0.2, -0.15) is 0 Å². The fraction of sp³-hybridized carbons (Fsp3) is 0.0233. The molecule has 8 rings (SSSR count). The molecule has 0 saturated heterocycles. The smallest absolute Gasteiger partial charge is 0.160 e. The molecular formula is C43H30N2. The Morgan fingerprint density at radius 1 is 0.356 bits per heavy atom. The summed E-state index contributed by atoms with van der Waals surface area (Å²) in [4.78, 5) is 10.5. The van der Waals surface area contributed by atoms with Crippen molar-refractivity contribution in [2.45, 2.75) is 6.92 Å². The second kappa shape index (κ2) is 11.3. The summed E-state index contributed by atoms with van der Waals surface area (Å²) >= 11 is 0. The van der Waals surface area contributed by atoms with Crippen LogP contribution in [-0.4, -0.2) is 9.97 Å². The SMILES string of the molecule is Cc1ccc(-c2nc(-c3cc(-c4ccccc4)cc(-c4ccccc4)c3)cc(-c3cc4ccccc4c4ccccc34)n2)cc1. The molecule has 0 aliphatic heterocycles. The van der Waals surface area contributed by atoms with Crippen molar-refractivity contribution < 1.29 is 0 Å². The van der Waals surface area contributed by atoms with Crippen molar-refractivity contribution >= 4 is 21.5 Å². The maximum Gasteiger partial charge on any atom is 0.160 e. The number of nitrogens with zero attached hydrogens (tertiary/aromatic N) is 2. The maximum atomic E-state index is 5.24. The second-order valence-electron chi connectivity index (χ2n) is 11.5. The minimum atomic E-state index is 0.714. The van der Waals surface area contributed by atoms with Crippen LogP contribution in [-0.2, 0) is 0 Å². The van der Waals surface area contributed by atoms with Crippen molar-refractivity contribution in [1.29, 1.82) is 0 Å². The molecule has 0 saturated carbocycles. The number of rotatable bonds is 5. The van der Waals surface area contributed by atoms with Gasteiger partial charge in [-0.15, -0.1) is 0 Å². The molecule has 2 heteroatoms. The average Bonchev–Trinajstić information content (AvgIpc) is 3.12. The first-order valence-electron chi connectivity index (χ1n) is 15.3. The Hall–Kier alpha value is -5.86. The van der Waals surface area contributed by atoms with Crippen molar-refractivity contribution in [3.05, 3.63) is 169 Å². The van der Waals surface area contributed by atoms with E-state index in [2.05, 4.69) is 171 Å². The molecule has 0 spiro atoms. The Bertz CT molecular complexity index is 2250. The lowest BCUT2D eigenvalue weighted by Gasteiger charge is -2.15. The molecule has 0 radical (unpaired) electrons. The standard InChI is InChI=1S/C43H30N2/c1-29-20-22-32(23-21-29)43-44-41(28-42(45-43)40-27-33-16-8-9-17-37(33)38-18-10-11-19-39(38)40)36-25-34(30-12-4-2-5-13-30)24-35(26-36)31-14-6-3-7-15-31/h2-28H,1H3. The first-order valence-corrected chi connectivity index (χ1v) is 15.3. The third kappa shape index (κ3) is 5.17. The molecule has 0 aliphatic carbocycles. The van der Waals surface area contributed by atoms with Crippen molar-refractivity contribution in [2.24, 2.45) is 0 Å². The highest BCUT2D eigenvalue weighted by Crippen LogP contribution is 2.38. The summed E-state index contributed by atoms with van der Waals surface area (Å²) in [5, 5.41) is 4.84. The number of aryl methyl sites for hydroxylation is 1. The first-order chi connectivity index (χ1) is 22.2. The van der Waals surface area contributed by atoms with Gasteiger partial charge in [-0.25, -0.2) is 9.97 Å². The van der Waals surface area contributed by atoms with Crippen LogP contribution in [0, 0.1) is 6.92 Å². The van der Waals surface area contributed by atoms with E-state index in [9.17, 15) is 0 Å². The molecule has 2 nitrogen and oxygen atoms in total. The summed E-state index contributed by atoms with van der Waals surface area (Å²) in [7, 11) is 0. The molecule has 1 aromatic heterocycles. The summed E-state index contributed by atoms with van der Waals surface area (Å²) in [6, 6.07) is 58.1. The fourth-order valence-electron chi connectivity index (χ4n) is 6.20. The monoisotopic (exact) mass is 574 g/mol. The lowest BCUT2D eigenvalue weighted by Crippen LogP contribution is -1.97. The third-order valence-corrected chi connectivity index (χ3v) is 8.52. The lowest BCUT2D eigenvalue weighted by molar-refractivity contribution is 1.18. The van der Waals surface area contributed by atoms with E-state index in [1.807, 2.05) is 0 Å². The number of benzene rings is 7. The topological polar surface area (TPSA) is 25.8 Å². The molecule has 0 unspecified atom stereocenters. The molecule has 45 heavy (non-hydrogen) atoms. The van der Waals surface area contributed by atoms with E-state index in [1.54, 1.807) is 0 Å². The Morgan fingerprint density at radius 3 is 1.56 bits per heavy atom. The van der Waals surface area contributed by atoms with Crippen LogP contribution in [0.4, 0.5) is 0 Å². The van der Waals surface area contributed by atoms with E-state index in [1.165, 1.54) is 38.2 Å². The molecule has 0 aliphatic rings. The van der Waals surface area contributed by atoms with Crippen LogP contribution in [0.15, 0.2) is 164 Å². The Kier molecular flexibility index (Phi) is 6.73. The number of hydrogen-bond acceptors (Lipinski definition) is 2. The van der Waals surface area contributed by atoms with Crippen molar-refractivity contribution in [2.75, 3.05) is 0 Å². The van der Waals surface area contributed by atoms with Gasteiger partial charge < -0.3 is 0 Å². The zero-order valence-electron chi connectivity index (χ0n) is 25.0. The highest BCUT2D eigenvalue weighted by molar-refractivity contribution is 6.13. The van der Waals surface area contributed by atoms with Gasteiger partial charge in [-0.3, -0.25) is 0 Å². The summed E-state index contributed by atoms with van der Waals surface area (Å²) in [5.74, 6) is 0.714. The van der Waals surface area contributed by atoms with Gasteiger partial charge in [0.05, 0.1) is 11.4 Å². The van der Waals surface area contributed by atoms with E-state index in [-0.39, 0.29) is 0 Å². The molecule has 212 valence electrons. The van der Waals surface area contributed by atoms with Crippen LogP contribution < -0.4 is 0 Å². The zero-order valence-corrected chi connectivity index (χ0v) is 25.0. The highest BCUT2D eigenvalue weighted by Gasteiger charge is 2.16. The van der Waals surface area contributed by atoms with E-state index in [4.69, 9.17) is 9.97 Å². The molecule has 0 bridgehead atoms. The zero-order chi connectivity index (χ0) is 30.2. The van der Waals surface area contributed by atoms with Gasteiger partial charge in [0.1, 0.15) is 0 Å². The van der Waals surface area contributed by atoms with Crippen molar-refractivity contribution in [3.8, 4) is 56.2 Å². The van der Waals surface area contributed by atoms with E-state index >= 15 is 0 Å². The van der Waals surface area contributed by atoms with Gasteiger partial charge >= 0.3 is 0 Å². The van der Waals surface area contributed by atoms with Gasteiger partial charge in [0, 0.05) is 16.7 Å². The predicted octanol–water partition coefficient (Wildman–Crippen LogP) is 11.4. The van der Waals surface area contributed by atoms with E-state index in [0.29, 0.717) is 5.82 Å². The third-order valence-electron chi connectivity index (χ3n) is 8.52. The van der Waals surface area contributed by atoms with Crippen molar-refractivity contribution in [3.63, 3.8) is 0 Å². The molecule has 0 atom stereocenters. The fourth-order valence-corrected chi connectivity index (χ4v) is 6.20. The maximum absolute atomic E-state index is 5.24. The van der Waals surface area contributed by atoms with Gasteiger partial charge in [0.2, 0.25) is 0 Å². The molecule has 0 amide bonds. The predicted molar refractivity (Wildman–Crippen MR) is 189 cm³/mol. The Labute approximate surface area is 263 Å². The minimum Gasteiger partial charge on any atom is -0.228 e. The van der Waals surface area contributed by atoms with Crippen LogP contribution in [0.3, 0.4) is 0 Å². The summed E-state index contributed by atoms with van der Waals surface area (Å²) in [5.41, 5.74) is 10.8. The Morgan fingerprint density at radius 2 is 0.889 bits per heavy atom.